The number of hydrazine groups is 1. The number of hydrogen-bond donors (Lipinski definition) is 2. The van der Waals surface area contributed by atoms with Gasteiger partial charge in [0.15, 0.2) is 12.7 Å². The second-order valence-electron chi connectivity index (χ2n) is 6.58. The highest BCUT2D eigenvalue weighted by Gasteiger charge is 2.28. The van der Waals surface area contributed by atoms with Gasteiger partial charge in [-0.15, -0.1) is 0 Å². The number of carbonyl (C=O) groups excluding carboxylic acids is 3. The summed E-state index contributed by atoms with van der Waals surface area (Å²) in [4.78, 5) is 37.9. The molecule has 0 saturated carbocycles. The van der Waals surface area contributed by atoms with E-state index in [2.05, 4.69) is 10.9 Å². The van der Waals surface area contributed by atoms with Gasteiger partial charge in [-0.3, -0.25) is 30.1 Å². The van der Waals surface area contributed by atoms with Gasteiger partial charge >= 0.3 is 0 Å². The Morgan fingerprint density at radius 2 is 1.87 bits per heavy atom. The zero-order valence-corrected chi connectivity index (χ0v) is 17.8. The quantitative estimate of drug-likeness (QED) is 0.629. The summed E-state index contributed by atoms with van der Waals surface area (Å²) in [6.45, 7) is 3.47. The van der Waals surface area contributed by atoms with Gasteiger partial charge in [0, 0.05) is 5.02 Å². The number of fused-ring (bicyclic) bond motifs is 1. The average molecular weight is 448 g/mol. The number of nitrogens with zero attached hydrogens (tertiary/aromatic N) is 1. The molecule has 0 bridgehead atoms. The molecule has 1 heterocycles. The number of nitrogens with one attached hydrogen (secondary N) is 2. The predicted octanol–water partition coefficient (Wildman–Crippen LogP) is 2.08. The Morgan fingerprint density at radius 3 is 2.58 bits per heavy atom. The van der Waals surface area contributed by atoms with Gasteiger partial charge in [0.2, 0.25) is 0 Å². The maximum Gasteiger partial charge on any atom is 0.279 e. The molecule has 0 fully saturated rings. The van der Waals surface area contributed by atoms with Gasteiger partial charge < -0.3 is 14.2 Å². The first-order valence-electron chi connectivity index (χ1n) is 9.58. The molecule has 164 valence electrons. The van der Waals surface area contributed by atoms with E-state index in [-0.39, 0.29) is 13.2 Å². The SMILES string of the molecule is CCOc1ccc(OC(C)C(=O)NNC(=O)CN2C(=O)COc3ccc(Cl)cc32)cc1. The summed E-state index contributed by atoms with van der Waals surface area (Å²) in [5, 5.41) is 0.399. The lowest BCUT2D eigenvalue weighted by Gasteiger charge is -2.29. The minimum atomic E-state index is -0.872. The molecule has 3 rings (SSSR count). The smallest absolute Gasteiger partial charge is 0.279 e. The summed E-state index contributed by atoms with van der Waals surface area (Å²) in [5.74, 6) is 0.0630. The Hall–Kier alpha value is -3.46. The molecule has 3 amide bonds. The van der Waals surface area contributed by atoms with E-state index in [9.17, 15) is 14.4 Å². The summed E-state index contributed by atoms with van der Waals surface area (Å²) in [7, 11) is 0. The number of rotatable bonds is 7. The van der Waals surface area contributed by atoms with Crippen LogP contribution in [0.1, 0.15) is 13.8 Å². The van der Waals surface area contributed by atoms with Crippen LogP contribution in [0.2, 0.25) is 5.02 Å². The van der Waals surface area contributed by atoms with E-state index in [4.69, 9.17) is 25.8 Å². The van der Waals surface area contributed by atoms with Crippen molar-refractivity contribution in [3.63, 3.8) is 0 Å². The van der Waals surface area contributed by atoms with Crippen molar-refractivity contribution in [3.05, 3.63) is 47.5 Å². The maximum atomic E-state index is 12.3. The maximum absolute atomic E-state index is 12.3. The van der Waals surface area contributed by atoms with Gasteiger partial charge in [-0.25, -0.2) is 0 Å². The van der Waals surface area contributed by atoms with Crippen LogP contribution in [-0.4, -0.2) is 43.6 Å². The summed E-state index contributed by atoms with van der Waals surface area (Å²) >= 11 is 5.98. The summed E-state index contributed by atoms with van der Waals surface area (Å²) < 4.78 is 16.2. The molecule has 31 heavy (non-hydrogen) atoms. The first-order chi connectivity index (χ1) is 14.9. The molecule has 1 aliphatic heterocycles. The molecule has 2 aromatic carbocycles. The Bertz CT molecular complexity index is 966. The van der Waals surface area contributed by atoms with E-state index in [1.165, 1.54) is 11.0 Å². The van der Waals surface area contributed by atoms with E-state index < -0.39 is 23.8 Å². The van der Waals surface area contributed by atoms with Crippen LogP contribution < -0.4 is 30.0 Å². The van der Waals surface area contributed by atoms with E-state index in [0.29, 0.717) is 34.6 Å². The summed E-state index contributed by atoms with van der Waals surface area (Å²) in [6, 6.07) is 11.6. The molecule has 1 atom stereocenters. The van der Waals surface area contributed by atoms with Gasteiger partial charge in [0.05, 0.1) is 12.3 Å². The van der Waals surface area contributed by atoms with Crippen LogP contribution in [0.5, 0.6) is 17.2 Å². The van der Waals surface area contributed by atoms with Gasteiger partial charge in [-0.2, -0.15) is 0 Å². The number of carbonyl (C=O) groups is 3. The van der Waals surface area contributed by atoms with Crippen LogP contribution in [0, 0.1) is 0 Å². The van der Waals surface area contributed by atoms with Crippen molar-refractivity contribution in [2.24, 2.45) is 0 Å². The molecule has 0 saturated heterocycles. The van der Waals surface area contributed by atoms with E-state index in [1.54, 1.807) is 43.3 Å². The van der Waals surface area contributed by atoms with Gasteiger partial charge in [-0.1, -0.05) is 11.6 Å². The van der Waals surface area contributed by atoms with Crippen molar-refractivity contribution in [3.8, 4) is 17.2 Å². The second-order valence-corrected chi connectivity index (χ2v) is 7.02. The topological polar surface area (TPSA) is 106 Å². The summed E-state index contributed by atoms with van der Waals surface area (Å²) in [5.41, 5.74) is 4.96. The third kappa shape index (κ3) is 5.79. The third-order valence-corrected chi connectivity index (χ3v) is 4.54. The molecular formula is C21H22ClN3O6. The van der Waals surface area contributed by atoms with E-state index in [0.717, 1.165) is 0 Å². The van der Waals surface area contributed by atoms with Crippen LogP contribution in [0.25, 0.3) is 0 Å². The number of ether oxygens (including phenoxy) is 3. The fraction of sp³-hybridized carbons (Fsp3) is 0.286. The molecule has 0 spiro atoms. The molecule has 10 heteroatoms. The average Bonchev–Trinajstić information content (AvgIpc) is 2.75. The molecule has 9 nitrogen and oxygen atoms in total. The number of hydrogen-bond acceptors (Lipinski definition) is 6. The predicted molar refractivity (Wildman–Crippen MR) is 113 cm³/mol. The minimum absolute atomic E-state index is 0.193. The second kappa shape index (κ2) is 10.0. The van der Waals surface area contributed by atoms with Crippen molar-refractivity contribution >= 4 is 35.0 Å². The van der Waals surface area contributed by atoms with Crippen molar-refractivity contribution in [2.75, 3.05) is 24.7 Å². The van der Waals surface area contributed by atoms with E-state index >= 15 is 0 Å². The normalized spacial score (nSPS) is 13.5. The fourth-order valence-electron chi connectivity index (χ4n) is 2.80. The first kappa shape index (κ1) is 22.2. The molecule has 0 aliphatic carbocycles. The van der Waals surface area contributed by atoms with Crippen molar-refractivity contribution in [1.82, 2.24) is 10.9 Å². The highest BCUT2D eigenvalue weighted by Crippen LogP contribution is 2.34. The van der Waals surface area contributed by atoms with Crippen LogP contribution in [0.3, 0.4) is 0 Å². The van der Waals surface area contributed by atoms with Crippen LogP contribution in [-0.2, 0) is 14.4 Å². The van der Waals surface area contributed by atoms with Crippen molar-refractivity contribution < 1.29 is 28.6 Å². The highest BCUT2D eigenvalue weighted by molar-refractivity contribution is 6.31. The van der Waals surface area contributed by atoms with Gasteiger partial charge in [0.1, 0.15) is 23.8 Å². The Labute approximate surface area is 184 Å². The Balaban J connectivity index is 1.51. The van der Waals surface area contributed by atoms with Gasteiger partial charge in [0.25, 0.3) is 17.7 Å². The Morgan fingerprint density at radius 1 is 1.16 bits per heavy atom. The van der Waals surface area contributed by atoms with Crippen LogP contribution in [0.15, 0.2) is 42.5 Å². The molecule has 1 unspecified atom stereocenters. The molecule has 0 radical (unpaired) electrons. The standard InChI is InChI=1S/C21H22ClN3O6/c1-3-29-15-5-7-16(8-6-15)31-13(2)21(28)24-23-19(26)11-25-17-10-14(22)4-9-18(17)30-12-20(25)27/h4-10,13H,3,11-12H2,1-2H3,(H,23,26)(H,24,28). The van der Waals surface area contributed by atoms with E-state index in [1.807, 2.05) is 6.92 Å². The molecule has 2 aromatic rings. The van der Waals surface area contributed by atoms with Crippen LogP contribution in [0.4, 0.5) is 5.69 Å². The zero-order chi connectivity index (χ0) is 22.4. The molecule has 0 aromatic heterocycles. The lowest BCUT2D eigenvalue weighted by molar-refractivity contribution is -0.132. The van der Waals surface area contributed by atoms with Gasteiger partial charge in [-0.05, 0) is 56.3 Å². The zero-order valence-electron chi connectivity index (χ0n) is 17.0. The number of benzene rings is 2. The summed E-state index contributed by atoms with van der Waals surface area (Å²) in [6.07, 6.45) is -0.872. The largest absolute Gasteiger partial charge is 0.494 e. The number of amides is 3. The fourth-order valence-corrected chi connectivity index (χ4v) is 2.97. The third-order valence-electron chi connectivity index (χ3n) is 4.31. The first-order valence-corrected chi connectivity index (χ1v) is 9.96. The molecular weight excluding hydrogens is 426 g/mol. The van der Waals surface area contributed by atoms with Crippen molar-refractivity contribution in [1.29, 1.82) is 0 Å². The highest BCUT2D eigenvalue weighted by atomic mass is 35.5. The van der Waals surface area contributed by atoms with Crippen LogP contribution >= 0.6 is 11.6 Å². The molecule has 1 aliphatic rings. The number of halogens is 1. The monoisotopic (exact) mass is 447 g/mol. The lowest BCUT2D eigenvalue weighted by atomic mass is 10.2. The molecule has 2 N–H and O–H groups in total. The Kier molecular flexibility index (Phi) is 7.19. The lowest BCUT2D eigenvalue weighted by Crippen LogP contribution is -2.52. The number of anilines is 1. The van der Waals surface area contributed by atoms with Crippen molar-refractivity contribution in [2.45, 2.75) is 20.0 Å². The minimum Gasteiger partial charge on any atom is -0.494 e.